The highest BCUT2D eigenvalue weighted by Gasteiger charge is 2.33. The second-order valence-electron chi connectivity index (χ2n) is 7.54. The molecule has 6 heteroatoms. The number of hydrogen-bond acceptors (Lipinski definition) is 6. The van der Waals surface area contributed by atoms with Gasteiger partial charge in [0.25, 0.3) is 0 Å². The topological polar surface area (TPSA) is 110 Å². The summed E-state index contributed by atoms with van der Waals surface area (Å²) in [4.78, 5) is 13.6. The first kappa shape index (κ1) is 19.2. The second-order valence-corrected chi connectivity index (χ2v) is 7.54. The van der Waals surface area contributed by atoms with Crippen LogP contribution in [-0.2, 0) is 0 Å². The van der Waals surface area contributed by atoms with Gasteiger partial charge in [0.1, 0.15) is 0 Å². The van der Waals surface area contributed by atoms with Crippen LogP contribution in [-0.4, -0.2) is 15.0 Å². The summed E-state index contributed by atoms with van der Waals surface area (Å²) in [6.45, 7) is 0. The summed E-state index contributed by atoms with van der Waals surface area (Å²) in [7, 11) is 0. The largest absolute Gasteiger partial charge is 0.261 e. The Morgan fingerprint density at radius 1 is 0.567 bits per heavy atom. The highest BCUT2D eigenvalue weighted by molar-refractivity contribution is 5.35. The minimum atomic E-state index is 0.127. The van der Waals surface area contributed by atoms with Gasteiger partial charge in [0.2, 0.25) is 0 Å². The molecule has 0 atom stereocenters. The van der Waals surface area contributed by atoms with Gasteiger partial charge >= 0.3 is 0 Å². The van der Waals surface area contributed by atoms with Gasteiger partial charge in [-0.1, -0.05) is 0 Å². The number of pyridine rings is 3. The fraction of sp³-hybridized carbons (Fsp3) is 0.250. The first-order chi connectivity index (χ1) is 14.7. The summed E-state index contributed by atoms with van der Waals surface area (Å²) >= 11 is 0. The van der Waals surface area contributed by atoms with Crippen molar-refractivity contribution in [3.05, 3.63) is 88.8 Å². The van der Waals surface area contributed by atoms with Gasteiger partial charge in [0.05, 0.1) is 34.9 Å². The Kier molecular flexibility index (Phi) is 5.46. The van der Waals surface area contributed by atoms with Gasteiger partial charge in [-0.2, -0.15) is 15.8 Å². The molecule has 3 aromatic heterocycles. The number of aromatic nitrogens is 3. The zero-order valence-electron chi connectivity index (χ0n) is 16.2. The Labute approximate surface area is 175 Å². The van der Waals surface area contributed by atoms with Crippen LogP contribution in [0.25, 0.3) is 0 Å². The summed E-state index contributed by atoms with van der Waals surface area (Å²) in [6.07, 6.45) is 7.52. The zero-order chi connectivity index (χ0) is 20.9. The zero-order valence-corrected chi connectivity index (χ0v) is 16.2. The van der Waals surface area contributed by atoms with Gasteiger partial charge in [-0.05, 0) is 55.7 Å². The average molecular weight is 390 g/mol. The molecule has 1 aliphatic carbocycles. The second kappa shape index (κ2) is 8.52. The van der Waals surface area contributed by atoms with Crippen LogP contribution in [0.2, 0.25) is 0 Å². The molecule has 0 N–H and O–H groups in total. The highest BCUT2D eigenvalue weighted by Crippen LogP contribution is 2.46. The van der Waals surface area contributed by atoms with Gasteiger partial charge < -0.3 is 0 Å². The lowest BCUT2D eigenvalue weighted by molar-refractivity contribution is 0.339. The standard InChI is InChI=1S/C24H18N6/c25-13-16-1-4-28-22(7-16)19-10-20(23-8-17(14-26)2-5-29-23)12-21(11-19)24-9-18(15-27)3-6-30-24/h1-9,19-21H,10-12H2. The first-order valence-corrected chi connectivity index (χ1v) is 9.78. The molecule has 3 heterocycles. The molecule has 0 aliphatic heterocycles. The van der Waals surface area contributed by atoms with E-state index >= 15 is 0 Å². The van der Waals surface area contributed by atoms with E-state index in [1.807, 2.05) is 18.2 Å². The summed E-state index contributed by atoms with van der Waals surface area (Å²) < 4.78 is 0. The molecule has 0 bridgehead atoms. The van der Waals surface area contributed by atoms with Crippen molar-refractivity contribution in [1.82, 2.24) is 15.0 Å². The summed E-state index contributed by atoms with van der Waals surface area (Å²) in [5.41, 5.74) is 4.43. The van der Waals surface area contributed by atoms with Crippen LogP contribution in [0.4, 0.5) is 0 Å². The van der Waals surface area contributed by atoms with Crippen molar-refractivity contribution in [2.24, 2.45) is 0 Å². The van der Waals surface area contributed by atoms with Crippen LogP contribution >= 0.6 is 0 Å². The molecule has 1 aliphatic rings. The molecule has 1 saturated carbocycles. The smallest absolute Gasteiger partial charge is 0.0992 e. The maximum atomic E-state index is 9.28. The molecule has 6 nitrogen and oxygen atoms in total. The fourth-order valence-electron chi connectivity index (χ4n) is 4.27. The minimum absolute atomic E-state index is 0.127. The molecule has 1 fully saturated rings. The molecule has 3 aromatic rings. The molecule has 144 valence electrons. The first-order valence-electron chi connectivity index (χ1n) is 9.78. The molecular formula is C24H18N6. The molecule has 0 saturated heterocycles. The predicted octanol–water partition coefficient (Wildman–Crippen LogP) is 4.32. The fourth-order valence-corrected chi connectivity index (χ4v) is 4.27. The maximum Gasteiger partial charge on any atom is 0.0992 e. The third-order valence-corrected chi connectivity index (χ3v) is 5.69. The maximum absolute atomic E-state index is 9.28. The van der Waals surface area contributed by atoms with Gasteiger partial charge in [-0.3, -0.25) is 15.0 Å². The Morgan fingerprint density at radius 2 is 0.867 bits per heavy atom. The predicted molar refractivity (Wildman–Crippen MR) is 109 cm³/mol. The van der Waals surface area contributed by atoms with E-state index in [0.717, 1.165) is 36.3 Å². The van der Waals surface area contributed by atoms with Crippen molar-refractivity contribution in [3.63, 3.8) is 0 Å². The molecule has 30 heavy (non-hydrogen) atoms. The van der Waals surface area contributed by atoms with Crippen molar-refractivity contribution < 1.29 is 0 Å². The molecule has 0 amide bonds. The Balaban J connectivity index is 1.72. The van der Waals surface area contributed by atoms with Crippen LogP contribution in [0.3, 0.4) is 0 Å². The lowest BCUT2D eigenvalue weighted by Gasteiger charge is -2.34. The third-order valence-electron chi connectivity index (χ3n) is 5.69. The van der Waals surface area contributed by atoms with E-state index in [2.05, 4.69) is 33.2 Å². The van der Waals surface area contributed by atoms with Gasteiger partial charge in [0.15, 0.2) is 0 Å². The van der Waals surface area contributed by atoms with E-state index in [-0.39, 0.29) is 17.8 Å². The Hall–Kier alpha value is -4.08. The van der Waals surface area contributed by atoms with Crippen molar-refractivity contribution >= 4 is 0 Å². The highest BCUT2D eigenvalue weighted by atomic mass is 14.7. The molecule has 0 radical (unpaired) electrons. The van der Waals surface area contributed by atoms with Crippen LogP contribution < -0.4 is 0 Å². The van der Waals surface area contributed by atoms with Crippen molar-refractivity contribution in [3.8, 4) is 18.2 Å². The summed E-state index contributed by atoms with van der Waals surface area (Å²) in [5.74, 6) is 0.381. The number of nitrogens with zero attached hydrogens (tertiary/aromatic N) is 6. The van der Waals surface area contributed by atoms with E-state index in [4.69, 9.17) is 0 Å². The van der Waals surface area contributed by atoms with Crippen molar-refractivity contribution in [1.29, 1.82) is 15.8 Å². The van der Waals surface area contributed by atoms with Crippen LogP contribution in [0, 0.1) is 34.0 Å². The van der Waals surface area contributed by atoms with Crippen molar-refractivity contribution in [2.75, 3.05) is 0 Å². The van der Waals surface area contributed by atoms with Crippen molar-refractivity contribution in [2.45, 2.75) is 37.0 Å². The SMILES string of the molecule is N#Cc1ccnc(C2CC(c3cc(C#N)ccn3)CC(c3cc(C#N)ccn3)C2)c1. The summed E-state index contributed by atoms with van der Waals surface area (Å²) in [6, 6.07) is 17.2. The van der Waals surface area contributed by atoms with E-state index in [0.29, 0.717) is 16.7 Å². The lowest BCUT2D eigenvalue weighted by Crippen LogP contribution is -2.22. The van der Waals surface area contributed by atoms with Gasteiger partial charge in [-0.15, -0.1) is 0 Å². The molecule has 4 rings (SSSR count). The lowest BCUT2D eigenvalue weighted by atomic mass is 9.71. The quantitative estimate of drug-likeness (QED) is 0.658. The molecule has 0 aromatic carbocycles. The number of nitriles is 3. The van der Waals surface area contributed by atoms with Gasteiger partial charge in [0, 0.05) is 53.4 Å². The van der Waals surface area contributed by atoms with E-state index < -0.39 is 0 Å². The monoisotopic (exact) mass is 390 g/mol. The third kappa shape index (κ3) is 4.02. The molecule has 0 unspecified atom stereocenters. The average Bonchev–Trinajstić information content (AvgIpc) is 2.83. The van der Waals surface area contributed by atoms with E-state index in [1.165, 1.54) is 0 Å². The van der Waals surface area contributed by atoms with E-state index in [9.17, 15) is 15.8 Å². The molecule has 0 spiro atoms. The Morgan fingerprint density at radius 3 is 1.13 bits per heavy atom. The number of hydrogen-bond donors (Lipinski definition) is 0. The van der Waals surface area contributed by atoms with Crippen LogP contribution in [0.15, 0.2) is 55.0 Å². The number of rotatable bonds is 3. The Bertz CT molecular complexity index is 1040. The molecular weight excluding hydrogens is 372 g/mol. The van der Waals surface area contributed by atoms with Gasteiger partial charge in [-0.25, -0.2) is 0 Å². The van der Waals surface area contributed by atoms with Crippen LogP contribution in [0.5, 0.6) is 0 Å². The minimum Gasteiger partial charge on any atom is -0.261 e. The normalized spacial score (nSPS) is 20.5. The van der Waals surface area contributed by atoms with Crippen LogP contribution in [0.1, 0.15) is 70.8 Å². The summed E-state index contributed by atoms with van der Waals surface area (Å²) in [5, 5.41) is 27.8. The van der Waals surface area contributed by atoms with E-state index in [1.54, 1.807) is 36.8 Å².